The third-order valence-corrected chi connectivity index (χ3v) is 13.0. The number of thiophene rings is 1. The van der Waals surface area contributed by atoms with E-state index in [0.29, 0.717) is 29.3 Å². The van der Waals surface area contributed by atoms with E-state index in [1.165, 1.54) is 7.11 Å². The Labute approximate surface area is 221 Å². The summed E-state index contributed by atoms with van der Waals surface area (Å²) in [6.45, 7) is 7.99. The van der Waals surface area contributed by atoms with Crippen LogP contribution < -0.4 is 10.4 Å². The lowest BCUT2D eigenvalue weighted by Gasteiger charge is -2.43. The Morgan fingerprint density at radius 1 is 1.14 bits per heavy atom. The van der Waals surface area contributed by atoms with Gasteiger partial charge in [0.1, 0.15) is 16.2 Å². The molecule has 1 atom stereocenters. The van der Waals surface area contributed by atoms with Crippen LogP contribution in [0.4, 0.5) is 4.39 Å². The molecule has 0 bridgehead atoms. The Hall–Kier alpha value is -2.85. The molecule has 0 N–H and O–H groups in total. The first-order valence-corrected chi connectivity index (χ1v) is 15.1. The van der Waals surface area contributed by atoms with E-state index < -0.39 is 20.1 Å². The number of esters is 1. The number of carbonyl (C=O) groups is 1. The van der Waals surface area contributed by atoms with Crippen LogP contribution in [0.1, 0.15) is 42.7 Å². The number of aromatic nitrogens is 2. The van der Waals surface area contributed by atoms with Gasteiger partial charge in [-0.3, -0.25) is 0 Å². The summed E-state index contributed by atoms with van der Waals surface area (Å²) in [7, 11) is -1.57. The highest BCUT2D eigenvalue weighted by Gasteiger charge is 2.50. The molecule has 2 aromatic carbocycles. The quantitative estimate of drug-likeness (QED) is 0.236. The van der Waals surface area contributed by atoms with Gasteiger partial charge in [-0.15, -0.1) is 11.3 Å². The predicted octanol–water partition coefficient (Wildman–Crippen LogP) is 4.89. The lowest BCUT2D eigenvalue weighted by molar-refractivity contribution is -0.0593. The third-order valence-electron chi connectivity index (χ3n) is 7.01. The van der Waals surface area contributed by atoms with Gasteiger partial charge in [0.05, 0.1) is 26.4 Å². The van der Waals surface area contributed by atoms with E-state index in [0.717, 1.165) is 28.1 Å². The Kier molecular flexibility index (Phi) is 7.06. The molecule has 1 saturated heterocycles. The largest absolute Gasteiger partial charge is 0.465 e. The standard InChI is InChI=1S/C28H31FN2O4SSi/c1-28(2,3)37(20-11-7-5-8-12-20,21-13-9-6-10-14-21)35-18-22-30-26-24(31(22)17-19-15-16-34-19)23(29)25(36-26)27(32)33-4/h5-14,19H,15-18H2,1-4H3. The van der Waals surface area contributed by atoms with Crippen molar-refractivity contribution >= 4 is 46.3 Å². The van der Waals surface area contributed by atoms with Crippen LogP contribution in [0.5, 0.6) is 0 Å². The molecule has 1 unspecified atom stereocenters. The normalized spacial score (nSPS) is 16.1. The molecule has 0 spiro atoms. The number of nitrogens with zero attached hydrogens (tertiary/aromatic N) is 2. The van der Waals surface area contributed by atoms with Crippen molar-refractivity contribution in [2.24, 2.45) is 0 Å². The van der Waals surface area contributed by atoms with Gasteiger partial charge in [-0.2, -0.15) is 0 Å². The topological polar surface area (TPSA) is 62.6 Å². The molecule has 1 aliphatic rings. The van der Waals surface area contributed by atoms with Gasteiger partial charge in [-0.05, 0) is 21.8 Å². The zero-order chi connectivity index (χ0) is 26.2. The van der Waals surface area contributed by atoms with Gasteiger partial charge < -0.3 is 18.5 Å². The number of imidazole rings is 1. The Balaban J connectivity index is 1.61. The number of halogens is 1. The summed E-state index contributed by atoms with van der Waals surface area (Å²) in [6, 6.07) is 20.8. The molecule has 0 saturated carbocycles. The molecule has 2 aromatic heterocycles. The summed E-state index contributed by atoms with van der Waals surface area (Å²) < 4.78 is 34.8. The average Bonchev–Trinajstić information content (AvgIpc) is 3.37. The van der Waals surface area contributed by atoms with Gasteiger partial charge in [0, 0.05) is 6.61 Å². The third kappa shape index (κ3) is 4.54. The molecule has 3 heterocycles. The molecule has 194 valence electrons. The van der Waals surface area contributed by atoms with E-state index in [9.17, 15) is 4.79 Å². The minimum Gasteiger partial charge on any atom is -0.465 e. The molecule has 0 aliphatic carbocycles. The second-order valence-corrected chi connectivity index (χ2v) is 15.6. The fourth-order valence-electron chi connectivity index (χ4n) is 5.10. The first kappa shape index (κ1) is 25.8. The van der Waals surface area contributed by atoms with Gasteiger partial charge in [0.2, 0.25) is 0 Å². The average molecular weight is 539 g/mol. The molecular weight excluding hydrogens is 507 g/mol. The summed E-state index contributed by atoms with van der Waals surface area (Å²) in [5.74, 6) is -0.674. The maximum absolute atomic E-state index is 15.5. The van der Waals surface area contributed by atoms with Crippen molar-refractivity contribution in [1.82, 2.24) is 9.55 Å². The zero-order valence-electron chi connectivity index (χ0n) is 21.5. The van der Waals surface area contributed by atoms with Crippen molar-refractivity contribution in [2.45, 2.75) is 51.5 Å². The maximum Gasteiger partial charge on any atom is 0.351 e. The van der Waals surface area contributed by atoms with Crippen LogP contribution in [-0.4, -0.2) is 43.7 Å². The second kappa shape index (κ2) is 10.1. The highest BCUT2D eigenvalue weighted by molar-refractivity contribution is 7.20. The molecule has 5 rings (SSSR count). The lowest BCUT2D eigenvalue weighted by atomic mass is 10.2. The molecule has 4 aromatic rings. The van der Waals surface area contributed by atoms with Crippen molar-refractivity contribution in [2.75, 3.05) is 13.7 Å². The smallest absolute Gasteiger partial charge is 0.351 e. The predicted molar refractivity (Wildman–Crippen MR) is 146 cm³/mol. The van der Waals surface area contributed by atoms with E-state index in [-0.39, 0.29) is 22.6 Å². The van der Waals surface area contributed by atoms with Crippen LogP contribution in [-0.2, 0) is 27.1 Å². The summed E-state index contributed by atoms with van der Waals surface area (Å²) in [5.41, 5.74) is 0.307. The Morgan fingerprint density at radius 2 is 1.73 bits per heavy atom. The van der Waals surface area contributed by atoms with Gasteiger partial charge in [0.15, 0.2) is 10.7 Å². The van der Waals surface area contributed by atoms with Gasteiger partial charge >= 0.3 is 5.97 Å². The monoisotopic (exact) mass is 538 g/mol. The molecule has 9 heteroatoms. The van der Waals surface area contributed by atoms with E-state index in [4.69, 9.17) is 18.9 Å². The van der Waals surface area contributed by atoms with E-state index in [2.05, 4.69) is 45.0 Å². The van der Waals surface area contributed by atoms with Crippen molar-refractivity contribution in [3.05, 3.63) is 77.2 Å². The number of carbonyl (C=O) groups excluding carboxylic acids is 1. The van der Waals surface area contributed by atoms with E-state index in [1.807, 2.05) is 41.0 Å². The first-order valence-electron chi connectivity index (χ1n) is 12.4. The zero-order valence-corrected chi connectivity index (χ0v) is 23.3. The Morgan fingerprint density at radius 3 is 2.22 bits per heavy atom. The number of rotatable bonds is 8. The van der Waals surface area contributed by atoms with E-state index in [1.54, 1.807) is 0 Å². The lowest BCUT2D eigenvalue weighted by Crippen LogP contribution is -2.66. The van der Waals surface area contributed by atoms with Crippen LogP contribution in [0.15, 0.2) is 60.7 Å². The van der Waals surface area contributed by atoms with Crippen LogP contribution in [0.25, 0.3) is 10.3 Å². The van der Waals surface area contributed by atoms with Crippen molar-refractivity contribution in [3.63, 3.8) is 0 Å². The SMILES string of the molecule is COC(=O)c1sc2nc(CO[Si](c3ccccc3)(c3ccccc3)C(C)(C)C)n(CC3CCO3)c2c1F. The minimum absolute atomic E-state index is 0.0232. The number of methoxy groups -OCH3 is 1. The van der Waals surface area contributed by atoms with Crippen LogP contribution in [0.2, 0.25) is 5.04 Å². The molecule has 0 radical (unpaired) electrons. The number of hydrogen-bond acceptors (Lipinski definition) is 6. The molecule has 1 aliphatic heterocycles. The van der Waals surface area contributed by atoms with Crippen LogP contribution >= 0.6 is 11.3 Å². The van der Waals surface area contributed by atoms with Crippen molar-refractivity contribution in [1.29, 1.82) is 0 Å². The molecule has 0 amide bonds. The molecule has 37 heavy (non-hydrogen) atoms. The van der Waals surface area contributed by atoms with Crippen LogP contribution in [0, 0.1) is 5.82 Å². The minimum atomic E-state index is -2.82. The summed E-state index contributed by atoms with van der Waals surface area (Å²) >= 11 is 1.01. The summed E-state index contributed by atoms with van der Waals surface area (Å²) in [6.07, 6.45) is 0.870. The van der Waals surface area contributed by atoms with Gasteiger partial charge in [-0.1, -0.05) is 81.4 Å². The fourth-order valence-corrected chi connectivity index (χ4v) is 10.6. The number of fused-ring (bicyclic) bond motifs is 1. The molecular formula is C28H31FN2O4SSi. The Bertz CT molecular complexity index is 1360. The highest BCUT2D eigenvalue weighted by atomic mass is 32.1. The highest BCUT2D eigenvalue weighted by Crippen LogP contribution is 2.38. The van der Waals surface area contributed by atoms with Crippen molar-refractivity contribution < 1.29 is 23.1 Å². The van der Waals surface area contributed by atoms with Gasteiger partial charge in [0.25, 0.3) is 8.32 Å². The molecule has 6 nitrogen and oxygen atoms in total. The fraction of sp³-hybridized carbons (Fsp3) is 0.357. The van der Waals surface area contributed by atoms with Crippen molar-refractivity contribution in [3.8, 4) is 0 Å². The van der Waals surface area contributed by atoms with Gasteiger partial charge in [-0.25, -0.2) is 14.2 Å². The van der Waals surface area contributed by atoms with Crippen LogP contribution in [0.3, 0.4) is 0 Å². The second-order valence-electron chi connectivity index (χ2n) is 10.3. The van der Waals surface area contributed by atoms with E-state index >= 15 is 4.39 Å². The number of benzene rings is 2. The number of ether oxygens (including phenoxy) is 2. The summed E-state index contributed by atoms with van der Waals surface area (Å²) in [4.78, 5) is 17.3. The summed E-state index contributed by atoms with van der Waals surface area (Å²) in [5, 5.41) is 2.12. The maximum atomic E-state index is 15.5. The first-order chi connectivity index (χ1) is 17.8. The number of hydrogen-bond donors (Lipinski definition) is 0. The molecule has 1 fully saturated rings.